The van der Waals surface area contributed by atoms with E-state index in [1.54, 1.807) is 0 Å². The molecular weight excluding hydrogens is 328 g/mol. The predicted octanol–water partition coefficient (Wildman–Crippen LogP) is 3.66. The van der Waals surface area contributed by atoms with Crippen LogP contribution < -0.4 is 10.6 Å². The van der Waals surface area contributed by atoms with Crippen LogP contribution in [0.5, 0.6) is 0 Å². The zero-order chi connectivity index (χ0) is 13.7. The van der Waals surface area contributed by atoms with Crippen molar-refractivity contribution in [3.63, 3.8) is 0 Å². The molecule has 18 heavy (non-hydrogen) atoms. The Morgan fingerprint density at radius 2 is 2.22 bits per heavy atom. The summed E-state index contributed by atoms with van der Waals surface area (Å²) in [5.41, 5.74) is 7.86. The first-order valence-electron chi connectivity index (χ1n) is 5.83. The van der Waals surface area contributed by atoms with Crippen molar-refractivity contribution in [1.29, 1.82) is 0 Å². The van der Waals surface area contributed by atoms with Gasteiger partial charge in [0.05, 0.1) is 0 Å². The second-order valence-corrected chi connectivity index (χ2v) is 6.33. The third kappa shape index (κ3) is 3.62. The fourth-order valence-corrected chi connectivity index (χ4v) is 3.70. The van der Waals surface area contributed by atoms with E-state index in [0.717, 1.165) is 27.9 Å². The van der Waals surface area contributed by atoms with Gasteiger partial charge in [0, 0.05) is 34.6 Å². The zero-order valence-corrected chi connectivity index (χ0v) is 14.2. The molecule has 100 valence electrons. The van der Waals surface area contributed by atoms with Crippen molar-refractivity contribution in [2.75, 3.05) is 24.0 Å². The summed E-state index contributed by atoms with van der Waals surface area (Å²) in [7, 11) is 2.11. The Morgan fingerprint density at radius 1 is 1.56 bits per heavy atom. The summed E-state index contributed by atoms with van der Waals surface area (Å²) in [6.45, 7) is 2.20. The Balaban J connectivity index is 3.15. The summed E-state index contributed by atoms with van der Waals surface area (Å²) in [4.78, 5) is 2.71. The number of rotatable bonds is 6. The summed E-state index contributed by atoms with van der Waals surface area (Å²) in [5.74, 6) is 1.09. The van der Waals surface area contributed by atoms with Gasteiger partial charge in [0.25, 0.3) is 0 Å². The maximum atomic E-state index is 5.84. The first-order valence-corrected chi connectivity index (χ1v) is 8.42. The van der Waals surface area contributed by atoms with Crippen LogP contribution in [-0.4, -0.2) is 30.1 Å². The van der Waals surface area contributed by atoms with Gasteiger partial charge in [-0.2, -0.15) is 11.8 Å². The third-order valence-electron chi connectivity index (χ3n) is 3.00. The van der Waals surface area contributed by atoms with Gasteiger partial charge in [-0.25, -0.2) is 0 Å². The molecule has 0 amide bonds. The van der Waals surface area contributed by atoms with E-state index in [4.69, 9.17) is 18.0 Å². The van der Waals surface area contributed by atoms with Crippen molar-refractivity contribution in [3.8, 4) is 0 Å². The van der Waals surface area contributed by atoms with Crippen molar-refractivity contribution in [2.45, 2.75) is 19.4 Å². The smallest absolute Gasteiger partial charge is 0.107 e. The van der Waals surface area contributed by atoms with Gasteiger partial charge in [0.15, 0.2) is 0 Å². The fraction of sp³-hybridized carbons (Fsp3) is 0.462. The van der Waals surface area contributed by atoms with Gasteiger partial charge in [-0.3, -0.25) is 0 Å². The summed E-state index contributed by atoms with van der Waals surface area (Å²) in [5, 5.41) is 0. The molecule has 0 saturated carbocycles. The number of thioether (sulfide) groups is 1. The summed E-state index contributed by atoms with van der Waals surface area (Å²) in [6.07, 6.45) is 3.23. The molecule has 0 saturated heterocycles. The maximum absolute atomic E-state index is 5.84. The van der Waals surface area contributed by atoms with Gasteiger partial charge in [-0.15, -0.1) is 0 Å². The Labute approximate surface area is 127 Å². The Hall–Kier alpha value is -0.260. The highest BCUT2D eigenvalue weighted by atomic mass is 79.9. The van der Waals surface area contributed by atoms with E-state index in [-0.39, 0.29) is 0 Å². The van der Waals surface area contributed by atoms with Crippen molar-refractivity contribution >= 4 is 50.6 Å². The molecular formula is C13H19BrN2S2. The summed E-state index contributed by atoms with van der Waals surface area (Å²) in [6, 6.07) is 6.55. The lowest BCUT2D eigenvalue weighted by molar-refractivity contribution is 0.673. The van der Waals surface area contributed by atoms with Crippen LogP contribution in [0.4, 0.5) is 5.69 Å². The normalized spacial score (nSPS) is 12.2. The first-order chi connectivity index (χ1) is 8.52. The third-order valence-corrected chi connectivity index (χ3v) is 4.58. The molecule has 0 aromatic heterocycles. The van der Waals surface area contributed by atoms with Crippen LogP contribution in [-0.2, 0) is 0 Å². The average molecular weight is 347 g/mol. The van der Waals surface area contributed by atoms with Crippen LogP contribution in [0.1, 0.15) is 18.9 Å². The van der Waals surface area contributed by atoms with E-state index in [1.807, 2.05) is 23.9 Å². The maximum Gasteiger partial charge on any atom is 0.107 e. The number of nitrogens with zero attached hydrogens (tertiary/aromatic N) is 1. The Kier molecular flexibility index (Phi) is 6.46. The predicted molar refractivity (Wildman–Crippen MR) is 90.9 cm³/mol. The zero-order valence-electron chi connectivity index (χ0n) is 10.9. The van der Waals surface area contributed by atoms with Crippen LogP contribution in [0.2, 0.25) is 0 Å². The largest absolute Gasteiger partial charge is 0.389 e. The van der Waals surface area contributed by atoms with Gasteiger partial charge in [0.2, 0.25) is 0 Å². The molecule has 0 radical (unpaired) electrons. The van der Waals surface area contributed by atoms with E-state index in [9.17, 15) is 0 Å². The molecule has 0 bridgehead atoms. The molecule has 1 aromatic carbocycles. The van der Waals surface area contributed by atoms with Crippen LogP contribution in [0, 0.1) is 0 Å². The van der Waals surface area contributed by atoms with E-state index in [0.29, 0.717) is 11.0 Å². The molecule has 2 N–H and O–H groups in total. The molecule has 0 aliphatic carbocycles. The van der Waals surface area contributed by atoms with Crippen molar-refractivity contribution < 1.29 is 0 Å². The number of hydrogen-bond acceptors (Lipinski definition) is 3. The molecule has 1 aromatic rings. The van der Waals surface area contributed by atoms with Gasteiger partial charge < -0.3 is 10.6 Å². The summed E-state index contributed by atoms with van der Waals surface area (Å²) < 4.78 is 0.957. The number of anilines is 1. The highest BCUT2D eigenvalue weighted by Crippen LogP contribution is 2.29. The number of hydrogen-bond donors (Lipinski definition) is 1. The van der Waals surface area contributed by atoms with Crippen molar-refractivity contribution in [1.82, 2.24) is 0 Å². The number of benzene rings is 1. The molecule has 0 aliphatic heterocycles. The van der Waals surface area contributed by atoms with Gasteiger partial charge >= 0.3 is 0 Å². The van der Waals surface area contributed by atoms with Crippen LogP contribution in [0.25, 0.3) is 0 Å². The Bertz CT molecular complexity index is 423. The highest BCUT2D eigenvalue weighted by molar-refractivity contribution is 9.10. The van der Waals surface area contributed by atoms with E-state index >= 15 is 0 Å². The lowest BCUT2D eigenvalue weighted by atomic mass is 10.1. The van der Waals surface area contributed by atoms with E-state index < -0.39 is 0 Å². The fourth-order valence-electron chi connectivity index (χ4n) is 1.94. The number of halogens is 1. The van der Waals surface area contributed by atoms with E-state index in [2.05, 4.69) is 47.1 Å². The second-order valence-electron chi connectivity index (χ2n) is 4.13. The second kappa shape index (κ2) is 7.36. The van der Waals surface area contributed by atoms with Crippen molar-refractivity contribution in [3.05, 3.63) is 28.2 Å². The molecule has 2 nitrogen and oxygen atoms in total. The average Bonchev–Trinajstić information content (AvgIpc) is 2.34. The summed E-state index contributed by atoms with van der Waals surface area (Å²) >= 11 is 10.5. The van der Waals surface area contributed by atoms with Crippen LogP contribution in [0.3, 0.4) is 0 Å². The van der Waals surface area contributed by atoms with Gasteiger partial charge in [-0.05, 0) is 40.7 Å². The monoisotopic (exact) mass is 346 g/mol. The quantitative estimate of drug-likeness (QED) is 0.796. The topological polar surface area (TPSA) is 29.3 Å². The van der Waals surface area contributed by atoms with Crippen molar-refractivity contribution in [2.24, 2.45) is 5.73 Å². The molecule has 1 rings (SSSR count). The highest BCUT2D eigenvalue weighted by Gasteiger charge is 2.18. The molecule has 1 unspecified atom stereocenters. The van der Waals surface area contributed by atoms with Crippen LogP contribution >= 0.6 is 39.9 Å². The molecule has 1 atom stereocenters. The standard InChI is InChI=1S/C13H19BrN2S2/c1-4-9(8-18-3)16(2)11-7-5-6-10(14)12(11)13(15)17/h5-7,9H,4,8H2,1-3H3,(H2,15,17). The molecule has 0 heterocycles. The van der Waals surface area contributed by atoms with Gasteiger partial charge in [-0.1, -0.05) is 25.2 Å². The minimum Gasteiger partial charge on any atom is -0.389 e. The molecule has 0 spiro atoms. The number of thiocarbonyl (C=S) groups is 1. The van der Waals surface area contributed by atoms with Gasteiger partial charge in [0.1, 0.15) is 4.99 Å². The molecule has 0 aliphatic rings. The SMILES string of the molecule is CCC(CSC)N(C)c1cccc(Br)c1C(N)=S. The van der Waals surface area contributed by atoms with E-state index in [1.165, 1.54) is 0 Å². The molecule has 5 heteroatoms. The first kappa shape index (κ1) is 15.8. The lowest BCUT2D eigenvalue weighted by Crippen LogP contribution is -2.34. The Morgan fingerprint density at radius 3 is 2.72 bits per heavy atom. The van der Waals surface area contributed by atoms with Crippen LogP contribution in [0.15, 0.2) is 22.7 Å². The minimum absolute atomic E-state index is 0.434. The lowest BCUT2D eigenvalue weighted by Gasteiger charge is -2.30. The number of nitrogens with two attached hydrogens (primary N) is 1. The minimum atomic E-state index is 0.434. The molecule has 0 fully saturated rings.